The molecule has 5 rings (SSSR count). The van der Waals surface area contributed by atoms with Crippen LogP contribution in [0.4, 0.5) is 0 Å². The van der Waals surface area contributed by atoms with Crippen LogP contribution in [-0.4, -0.2) is 44.0 Å². The molecule has 168 valence electrons. The molecule has 33 heavy (non-hydrogen) atoms. The van der Waals surface area contributed by atoms with Crippen LogP contribution in [-0.2, 0) is 0 Å². The Morgan fingerprint density at radius 2 is 1.73 bits per heavy atom. The smallest absolute Gasteiger partial charge is 0.275 e. The summed E-state index contributed by atoms with van der Waals surface area (Å²) in [5.74, 6) is 0.749. The van der Waals surface area contributed by atoms with E-state index in [-0.39, 0.29) is 11.9 Å². The molecule has 0 N–H and O–H groups in total. The second kappa shape index (κ2) is 8.31. The van der Waals surface area contributed by atoms with Gasteiger partial charge in [-0.3, -0.25) is 9.78 Å². The molecule has 1 aliphatic heterocycles. The number of ether oxygens (including phenoxy) is 1. The monoisotopic (exact) mass is 441 g/mol. The molecule has 7 nitrogen and oxygen atoms in total. The molecule has 0 aliphatic carbocycles. The number of fused-ring (bicyclic) bond motifs is 1. The van der Waals surface area contributed by atoms with E-state index in [0.717, 1.165) is 52.5 Å². The Morgan fingerprint density at radius 1 is 0.970 bits per heavy atom. The molecule has 1 saturated heterocycles. The average Bonchev–Trinajstić information content (AvgIpc) is 3.46. The topological polar surface area (TPSA) is 72.6 Å². The number of aryl methyl sites for hydroxylation is 3. The molecule has 0 bridgehead atoms. The summed E-state index contributed by atoms with van der Waals surface area (Å²) in [6, 6.07) is 15.8. The summed E-state index contributed by atoms with van der Waals surface area (Å²) < 4.78 is 7.02. The van der Waals surface area contributed by atoms with E-state index >= 15 is 0 Å². The van der Waals surface area contributed by atoms with Crippen molar-refractivity contribution in [2.75, 3.05) is 13.7 Å². The molecular formula is C26H27N5O2. The maximum atomic E-state index is 13.5. The minimum Gasteiger partial charge on any atom is -0.497 e. The third-order valence-electron chi connectivity index (χ3n) is 6.20. The van der Waals surface area contributed by atoms with Gasteiger partial charge in [0.05, 0.1) is 18.8 Å². The summed E-state index contributed by atoms with van der Waals surface area (Å²) in [4.78, 5) is 24.7. The molecule has 4 aromatic rings. The van der Waals surface area contributed by atoms with Crippen LogP contribution in [0.15, 0.2) is 48.5 Å². The fourth-order valence-corrected chi connectivity index (χ4v) is 4.67. The van der Waals surface area contributed by atoms with Crippen molar-refractivity contribution in [3.05, 3.63) is 77.0 Å². The van der Waals surface area contributed by atoms with Crippen molar-refractivity contribution in [2.45, 2.75) is 39.7 Å². The van der Waals surface area contributed by atoms with E-state index in [1.165, 1.54) is 0 Å². The second-order valence-electron chi connectivity index (χ2n) is 8.65. The number of methoxy groups -OCH3 is 1. The van der Waals surface area contributed by atoms with Gasteiger partial charge in [-0.2, -0.15) is 5.10 Å². The maximum absolute atomic E-state index is 13.5. The molecule has 1 amide bonds. The van der Waals surface area contributed by atoms with Crippen LogP contribution in [0.1, 0.15) is 52.1 Å². The van der Waals surface area contributed by atoms with Crippen LogP contribution in [0.2, 0.25) is 0 Å². The van der Waals surface area contributed by atoms with Crippen molar-refractivity contribution in [1.29, 1.82) is 0 Å². The van der Waals surface area contributed by atoms with E-state index in [4.69, 9.17) is 9.72 Å². The van der Waals surface area contributed by atoms with Crippen LogP contribution in [0.5, 0.6) is 5.75 Å². The van der Waals surface area contributed by atoms with Crippen molar-refractivity contribution < 1.29 is 9.53 Å². The van der Waals surface area contributed by atoms with E-state index in [0.29, 0.717) is 17.9 Å². The summed E-state index contributed by atoms with van der Waals surface area (Å²) in [6.07, 6.45) is 1.82. The molecular weight excluding hydrogens is 414 g/mol. The zero-order valence-corrected chi connectivity index (χ0v) is 19.4. The second-order valence-corrected chi connectivity index (χ2v) is 8.65. The Bertz CT molecular complexity index is 1340. The molecule has 1 atom stereocenters. The fraction of sp³-hybridized carbons (Fsp3) is 0.308. The highest BCUT2D eigenvalue weighted by Crippen LogP contribution is 2.34. The standard InChI is InChI=1S/C26H27N5O2/c1-16-12-18(3)31-25(28-16)15-23(29-31)26(32)30-11-5-6-24(30)22-14-20(13-17(2)27-22)19-7-9-21(33-4)10-8-19/h7-10,12-15,24H,5-6,11H2,1-4H3/t24-/m1/s1. The third-order valence-corrected chi connectivity index (χ3v) is 6.20. The summed E-state index contributed by atoms with van der Waals surface area (Å²) in [5.41, 5.74) is 7.01. The number of aromatic nitrogens is 4. The van der Waals surface area contributed by atoms with Gasteiger partial charge in [-0.25, -0.2) is 9.50 Å². The zero-order valence-electron chi connectivity index (χ0n) is 19.4. The van der Waals surface area contributed by atoms with Gasteiger partial charge >= 0.3 is 0 Å². The number of pyridine rings is 1. The largest absolute Gasteiger partial charge is 0.497 e. The minimum absolute atomic E-state index is 0.0741. The lowest BCUT2D eigenvalue weighted by molar-refractivity contribution is 0.0726. The molecule has 1 aliphatic rings. The normalized spacial score (nSPS) is 15.9. The van der Waals surface area contributed by atoms with E-state index in [1.54, 1.807) is 17.7 Å². The number of nitrogens with zero attached hydrogens (tertiary/aromatic N) is 5. The van der Waals surface area contributed by atoms with Gasteiger partial charge in [0.2, 0.25) is 0 Å². The highest BCUT2D eigenvalue weighted by atomic mass is 16.5. The quantitative estimate of drug-likeness (QED) is 0.459. The zero-order chi connectivity index (χ0) is 23.1. The predicted molar refractivity (Wildman–Crippen MR) is 126 cm³/mol. The Kier molecular flexibility index (Phi) is 5.32. The number of likely N-dealkylation sites (tertiary alicyclic amines) is 1. The Morgan fingerprint density at radius 3 is 2.48 bits per heavy atom. The number of carbonyl (C=O) groups excluding carboxylic acids is 1. The van der Waals surface area contributed by atoms with Crippen molar-refractivity contribution in [1.82, 2.24) is 24.5 Å². The first kappa shape index (κ1) is 21.1. The Balaban J connectivity index is 1.47. The van der Waals surface area contributed by atoms with Crippen LogP contribution in [0.3, 0.4) is 0 Å². The Hall–Kier alpha value is -3.74. The number of rotatable bonds is 4. The van der Waals surface area contributed by atoms with Gasteiger partial charge in [0.15, 0.2) is 11.3 Å². The predicted octanol–water partition coefficient (Wildman–Crippen LogP) is 4.70. The van der Waals surface area contributed by atoms with Crippen LogP contribution in [0, 0.1) is 20.8 Å². The lowest BCUT2D eigenvalue weighted by atomic mass is 10.0. The summed E-state index contributed by atoms with van der Waals surface area (Å²) in [5, 5.41) is 4.56. The summed E-state index contributed by atoms with van der Waals surface area (Å²) in [6.45, 7) is 6.60. The summed E-state index contributed by atoms with van der Waals surface area (Å²) in [7, 11) is 1.66. The maximum Gasteiger partial charge on any atom is 0.275 e. The first-order valence-corrected chi connectivity index (χ1v) is 11.2. The van der Waals surface area contributed by atoms with Gasteiger partial charge in [-0.1, -0.05) is 12.1 Å². The van der Waals surface area contributed by atoms with Crippen molar-refractivity contribution in [3.63, 3.8) is 0 Å². The average molecular weight is 442 g/mol. The highest BCUT2D eigenvalue weighted by Gasteiger charge is 2.33. The molecule has 3 aromatic heterocycles. The lowest BCUT2D eigenvalue weighted by Gasteiger charge is -2.24. The Labute approximate surface area is 193 Å². The molecule has 1 aromatic carbocycles. The van der Waals surface area contributed by atoms with E-state index in [2.05, 4.69) is 22.2 Å². The molecule has 0 radical (unpaired) electrons. The lowest BCUT2D eigenvalue weighted by Crippen LogP contribution is -2.31. The van der Waals surface area contributed by atoms with Crippen LogP contribution < -0.4 is 4.74 Å². The van der Waals surface area contributed by atoms with Crippen LogP contribution >= 0.6 is 0 Å². The van der Waals surface area contributed by atoms with Gasteiger partial charge in [-0.15, -0.1) is 0 Å². The van der Waals surface area contributed by atoms with Crippen molar-refractivity contribution in [3.8, 4) is 16.9 Å². The first-order valence-electron chi connectivity index (χ1n) is 11.2. The number of benzene rings is 1. The molecule has 0 spiro atoms. The van der Waals surface area contributed by atoms with E-state index in [1.807, 2.05) is 56.0 Å². The number of amides is 1. The van der Waals surface area contributed by atoms with Crippen molar-refractivity contribution in [2.24, 2.45) is 0 Å². The van der Waals surface area contributed by atoms with E-state index in [9.17, 15) is 4.79 Å². The number of hydrogen-bond acceptors (Lipinski definition) is 5. The molecule has 7 heteroatoms. The molecule has 4 heterocycles. The molecule has 0 unspecified atom stereocenters. The van der Waals surface area contributed by atoms with E-state index < -0.39 is 0 Å². The number of hydrogen-bond donors (Lipinski definition) is 0. The van der Waals surface area contributed by atoms with Gasteiger partial charge in [0, 0.05) is 29.7 Å². The van der Waals surface area contributed by atoms with Crippen molar-refractivity contribution >= 4 is 11.6 Å². The molecule has 0 saturated carbocycles. The third kappa shape index (κ3) is 3.95. The van der Waals surface area contributed by atoms with Gasteiger partial charge < -0.3 is 9.64 Å². The van der Waals surface area contributed by atoms with Gasteiger partial charge in [0.1, 0.15) is 5.75 Å². The minimum atomic E-state index is -0.0747. The molecule has 1 fully saturated rings. The van der Waals surface area contributed by atoms with Gasteiger partial charge in [-0.05, 0) is 75.1 Å². The highest BCUT2D eigenvalue weighted by molar-refractivity contribution is 5.93. The fourth-order valence-electron chi connectivity index (χ4n) is 4.67. The summed E-state index contributed by atoms with van der Waals surface area (Å²) >= 11 is 0. The number of carbonyl (C=O) groups is 1. The SMILES string of the molecule is COc1ccc(-c2cc(C)nc([C@H]3CCCN3C(=O)c3cc4nc(C)cc(C)n4n3)c2)cc1. The first-order chi connectivity index (χ1) is 15.9. The van der Waals surface area contributed by atoms with Gasteiger partial charge in [0.25, 0.3) is 5.91 Å². The van der Waals surface area contributed by atoms with Crippen LogP contribution in [0.25, 0.3) is 16.8 Å².